The minimum absolute atomic E-state index is 0.0800. The number of halogens is 1. The summed E-state index contributed by atoms with van der Waals surface area (Å²) in [6.45, 7) is 3.04. The van der Waals surface area contributed by atoms with Gasteiger partial charge in [-0.2, -0.15) is 0 Å². The number of imide groups is 1. The zero-order chi connectivity index (χ0) is 13.1. The summed E-state index contributed by atoms with van der Waals surface area (Å²) in [6.07, 6.45) is 1.06. The molecule has 18 heavy (non-hydrogen) atoms. The van der Waals surface area contributed by atoms with E-state index >= 15 is 0 Å². The van der Waals surface area contributed by atoms with Crippen LogP contribution >= 0.6 is 22.9 Å². The van der Waals surface area contributed by atoms with Crippen LogP contribution in [0.4, 0.5) is 0 Å². The van der Waals surface area contributed by atoms with E-state index in [0.29, 0.717) is 13.1 Å². The van der Waals surface area contributed by atoms with Crippen LogP contribution in [0.1, 0.15) is 24.6 Å². The van der Waals surface area contributed by atoms with Gasteiger partial charge in [0.1, 0.15) is 0 Å². The molecule has 0 radical (unpaired) electrons. The van der Waals surface area contributed by atoms with Crippen molar-refractivity contribution in [1.29, 1.82) is 0 Å². The molecule has 0 saturated carbocycles. The predicted octanol–water partition coefficient (Wildman–Crippen LogP) is 2.03. The van der Waals surface area contributed by atoms with Gasteiger partial charge >= 0.3 is 0 Å². The van der Waals surface area contributed by atoms with Gasteiger partial charge in [-0.1, -0.05) is 18.5 Å². The second-order valence-electron chi connectivity index (χ2n) is 4.23. The highest BCUT2D eigenvalue weighted by molar-refractivity contribution is 7.16. The van der Waals surface area contributed by atoms with E-state index in [2.05, 4.69) is 5.32 Å². The first-order valence-corrected chi connectivity index (χ1v) is 7.13. The Hall–Kier alpha value is -0.910. The van der Waals surface area contributed by atoms with E-state index in [-0.39, 0.29) is 24.3 Å². The van der Waals surface area contributed by atoms with Crippen molar-refractivity contribution in [1.82, 2.24) is 10.2 Å². The van der Waals surface area contributed by atoms with Crippen molar-refractivity contribution < 1.29 is 9.59 Å². The highest BCUT2D eigenvalue weighted by Crippen LogP contribution is 2.22. The van der Waals surface area contributed by atoms with Crippen LogP contribution in [0.5, 0.6) is 0 Å². The van der Waals surface area contributed by atoms with E-state index in [4.69, 9.17) is 11.6 Å². The summed E-state index contributed by atoms with van der Waals surface area (Å²) < 4.78 is 0.730. The van der Waals surface area contributed by atoms with Crippen molar-refractivity contribution in [2.75, 3.05) is 6.54 Å². The van der Waals surface area contributed by atoms with Crippen molar-refractivity contribution in [3.8, 4) is 0 Å². The van der Waals surface area contributed by atoms with Crippen molar-refractivity contribution >= 4 is 34.8 Å². The molecular weight excluding hydrogens is 272 g/mol. The van der Waals surface area contributed by atoms with Gasteiger partial charge < -0.3 is 5.32 Å². The second kappa shape index (κ2) is 5.82. The van der Waals surface area contributed by atoms with Gasteiger partial charge in [0.15, 0.2) is 0 Å². The molecule has 2 rings (SSSR count). The summed E-state index contributed by atoms with van der Waals surface area (Å²) in [6, 6.07) is 3.36. The molecule has 1 saturated heterocycles. The van der Waals surface area contributed by atoms with Crippen molar-refractivity contribution in [2.45, 2.75) is 32.4 Å². The van der Waals surface area contributed by atoms with Crippen molar-refractivity contribution in [3.63, 3.8) is 0 Å². The average Bonchev–Trinajstić information content (AvgIpc) is 2.86. The third-order valence-corrected chi connectivity index (χ3v) is 4.07. The van der Waals surface area contributed by atoms with Crippen molar-refractivity contribution in [3.05, 3.63) is 21.3 Å². The number of likely N-dealkylation sites (tertiary alicyclic amines) is 1. The number of carbonyl (C=O) groups excluding carboxylic acids is 2. The van der Waals surface area contributed by atoms with E-state index < -0.39 is 0 Å². The number of rotatable bonds is 5. The summed E-state index contributed by atoms with van der Waals surface area (Å²) in [5.41, 5.74) is 0. The number of nitrogens with one attached hydrogen (secondary N) is 1. The van der Waals surface area contributed by atoms with Gasteiger partial charge in [0.2, 0.25) is 11.8 Å². The van der Waals surface area contributed by atoms with Crippen LogP contribution in [0.3, 0.4) is 0 Å². The lowest BCUT2D eigenvalue weighted by molar-refractivity contribution is -0.138. The standard InChI is InChI=1S/C12H15ClN2O2S/c1-2-5-15-11(16)6-9(12(15)17)14-7-8-3-4-10(13)18-8/h3-4,9,14H,2,5-7H2,1H3. The molecule has 2 heterocycles. The van der Waals surface area contributed by atoms with Crippen molar-refractivity contribution in [2.24, 2.45) is 0 Å². The first-order valence-electron chi connectivity index (χ1n) is 5.93. The third kappa shape index (κ3) is 2.91. The molecule has 0 aromatic carbocycles. The Morgan fingerprint density at radius 1 is 1.50 bits per heavy atom. The molecule has 1 fully saturated rings. The lowest BCUT2D eigenvalue weighted by atomic mass is 10.2. The van der Waals surface area contributed by atoms with E-state index in [1.807, 2.05) is 19.1 Å². The molecule has 1 atom stereocenters. The average molecular weight is 287 g/mol. The van der Waals surface area contributed by atoms with Crippen LogP contribution in [0, 0.1) is 0 Å². The molecule has 1 unspecified atom stereocenters. The highest BCUT2D eigenvalue weighted by atomic mass is 35.5. The molecule has 98 valence electrons. The number of nitrogens with zero attached hydrogens (tertiary/aromatic N) is 1. The van der Waals surface area contributed by atoms with E-state index in [1.54, 1.807) is 0 Å². The van der Waals surface area contributed by atoms with Gasteiger partial charge in [-0.25, -0.2) is 0 Å². The quantitative estimate of drug-likeness (QED) is 0.843. The van der Waals surface area contributed by atoms with E-state index in [9.17, 15) is 9.59 Å². The normalized spacial score (nSPS) is 19.9. The molecule has 1 aliphatic rings. The summed E-state index contributed by atoms with van der Waals surface area (Å²) in [5, 5.41) is 3.12. The number of hydrogen-bond donors (Lipinski definition) is 1. The van der Waals surface area contributed by atoms with E-state index in [1.165, 1.54) is 16.2 Å². The Morgan fingerprint density at radius 3 is 2.89 bits per heavy atom. The Labute approximate surface area is 115 Å². The van der Waals surface area contributed by atoms with Crippen LogP contribution in [-0.4, -0.2) is 29.3 Å². The molecular formula is C12H15ClN2O2S. The number of amides is 2. The molecule has 1 aromatic rings. The monoisotopic (exact) mass is 286 g/mol. The minimum Gasteiger partial charge on any atom is -0.300 e. The Balaban J connectivity index is 1.91. The first-order chi connectivity index (χ1) is 8.61. The summed E-state index contributed by atoms with van der Waals surface area (Å²) in [5.74, 6) is -0.187. The summed E-state index contributed by atoms with van der Waals surface area (Å²) in [4.78, 5) is 26.0. The maximum absolute atomic E-state index is 12.0. The second-order valence-corrected chi connectivity index (χ2v) is 6.03. The lowest BCUT2D eigenvalue weighted by Crippen LogP contribution is -2.38. The van der Waals surface area contributed by atoms with Gasteiger partial charge in [0.05, 0.1) is 16.8 Å². The zero-order valence-corrected chi connectivity index (χ0v) is 11.7. The fourth-order valence-electron chi connectivity index (χ4n) is 1.97. The van der Waals surface area contributed by atoms with Crippen LogP contribution in [0.15, 0.2) is 12.1 Å². The smallest absolute Gasteiger partial charge is 0.246 e. The number of hydrogen-bond acceptors (Lipinski definition) is 4. The highest BCUT2D eigenvalue weighted by Gasteiger charge is 2.37. The lowest BCUT2D eigenvalue weighted by Gasteiger charge is -2.13. The minimum atomic E-state index is -0.384. The Bertz CT molecular complexity index is 461. The SMILES string of the molecule is CCCN1C(=O)CC(NCc2ccc(Cl)s2)C1=O. The summed E-state index contributed by atoms with van der Waals surface area (Å²) in [7, 11) is 0. The molecule has 0 bridgehead atoms. The summed E-state index contributed by atoms with van der Waals surface area (Å²) >= 11 is 7.31. The molecule has 2 amide bonds. The first kappa shape index (κ1) is 13.5. The maximum atomic E-state index is 12.0. The molecule has 6 heteroatoms. The fourth-order valence-corrected chi connectivity index (χ4v) is 3.01. The molecule has 0 aliphatic carbocycles. The van der Waals surface area contributed by atoms with Gasteiger partial charge in [-0.15, -0.1) is 11.3 Å². The predicted molar refractivity (Wildman–Crippen MR) is 71.6 cm³/mol. The largest absolute Gasteiger partial charge is 0.300 e. The Morgan fingerprint density at radius 2 is 2.28 bits per heavy atom. The number of carbonyl (C=O) groups is 2. The van der Waals surface area contributed by atoms with Crippen LogP contribution in [0.2, 0.25) is 4.34 Å². The molecule has 4 nitrogen and oxygen atoms in total. The van der Waals surface area contributed by atoms with Gasteiger partial charge in [0.25, 0.3) is 0 Å². The fraction of sp³-hybridized carbons (Fsp3) is 0.500. The van der Waals surface area contributed by atoms with E-state index in [0.717, 1.165) is 15.6 Å². The molecule has 1 N–H and O–H groups in total. The van der Waals surface area contributed by atoms with Gasteiger partial charge in [0, 0.05) is 18.0 Å². The molecule has 1 aromatic heterocycles. The molecule has 0 spiro atoms. The van der Waals surface area contributed by atoms with Gasteiger partial charge in [-0.3, -0.25) is 14.5 Å². The number of thiophene rings is 1. The Kier molecular flexibility index (Phi) is 4.37. The third-order valence-electron chi connectivity index (χ3n) is 2.84. The topological polar surface area (TPSA) is 49.4 Å². The van der Waals surface area contributed by atoms with Crippen LogP contribution in [0.25, 0.3) is 0 Å². The van der Waals surface area contributed by atoms with Crippen LogP contribution in [-0.2, 0) is 16.1 Å². The zero-order valence-electron chi connectivity index (χ0n) is 10.1. The molecule has 1 aliphatic heterocycles. The van der Waals surface area contributed by atoms with Crippen LogP contribution < -0.4 is 5.32 Å². The maximum Gasteiger partial charge on any atom is 0.246 e. The van der Waals surface area contributed by atoms with Gasteiger partial charge in [-0.05, 0) is 18.6 Å².